The van der Waals surface area contributed by atoms with E-state index in [0.717, 1.165) is 31.7 Å². The molecule has 1 heterocycles. The number of nitrogens with zero attached hydrogens (tertiary/aromatic N) is 1. The monoisotopic (exact) mass is 247 g/mol. The lowest BCUT2D eigenvalue weighted by Crippen LogP contribution is -2.36. The molecule has 100 valence electrons. The number of hydrogen-bond acceptors (Lipinski definition) is 2. The van der Waals surface area contributed by atoms with E-state index in [-0.39, 0.29) is 5.41 Å². The Morgan fingerprint density at radius 2 is 1.72 bits per heavy atom. The van der Waals surface area contributed by atoms with Gasteiger partial charge in [-0.2, -0.15) is 0 Å². The maximum Gasteiger partial charge on any atom is 0.123 e. The van der Waals surface area contributed by atoms with Crippen LogP contribution in [0.5, 0.6) is 5.75 Å². The van der Waals surface area contributed by atoms with E-state index in [0.29, 0.717) is 6.10 Å². The van der Waals surface area contributed by atoms with E-state index < -0.39 is 0 Å². The topological polar surface area (TPSA) is 12.5 Å². The van der Waals surface area contributed by atoms with Crippen molar-refractivity contribution in [3.05, 3.63) is 29.8 Å². The van der Waals surface area contributed by atoms with Crippen molar-refractivity contribution in [3.63, 3.8) is 0 Å². The molecule has 0 saturated carbocycles. The first-order valence-electron chi connectivity index (χ1n) is 6.91. The zero-order valence-electron chi connectivity index (χ0n) is 12.1. The number of rotatable bonds is 2. The van der Waals surface area contributed by atoms with Gasteiger partial charge in [-0.05, 0) is 36.9 Å². The molecule has 0 bridgehead atoms. The van der Waals surface area contributed by atoms with Crippen LogP contribution in [0.15, 0.2) is 24.3 Å². The standard InChI is InChI=1S/C16H25NO/c1-16(2,3)14-7-5-6-8-15(14)18-13-9-11-17(4)12-10-13/h5-8,13H,9-12H2,1-4H3. The third-order valence-corrected chi connectivity index (χ3v) is 3.65. The van der Waals surface area contributed by atoms with Crippen LogP contribution >= 0.6 is 0 Å². The molecule has 0 amide bonds. The maximum absolute atomic E-state index is 6.23. The summed E-state index contributed by atoms with van der Waals surface area (Å²) in [7, 11) is 2.18. The van der Waals surface area contributed by atoms with Crippen LogP contribution in [0.2, 0.25) is 0 Å². The molecule has 0 radical (unpaired) electrons. The van der Waals surface area contributed by atoms with E-state index in [2.05, 4.69) is 57.0 Å². The molecule has 2 rings (SSSR count). The van der Waals surface area contributed by atoms with E-state index in [1.54, 1.807) is 0 Å². The molecule has 1 fully saturated rings. The van der Waals surface area contributed by atoms with Crippen molar-refractivity contribution in [1.82, 2.24) is 4.90 Å². The van der Waals surface area contributed by atoms with E-state index in [4.69, 9.17) is 4.74 Å². The fourth-order valence-electron chi connectivity index (χ4n) is 2.47. The molecule has 1 saturated heterocycles. The highest BCUT2D eigenvalue weighted by Crippen LogP contribution is 2.32. The average molecular weight is 247 g/mol. The SMILES string of the molecule is CN1CCC(Oc2ccccc2C(C)(C)C)CC1. The largest absolute Gasteiger partial charge is 0.490 e. The lowest BCUT2D eigenvalue weighted by atomic mass is 9.86. The Kier molecular flexibility index (Phi) is 3.96. The summed E-state index contributed by atoms with van der Waals surface area (Å²) >= 11 is 0. The van der Waals surface area contributed by atoms with Gasteiger partial charge in [-0.1, -0.05) is 39.0 Å². The number of piperidine rings is 1. The second-order valence-electron chi connectivity index (χ2n) is 6.37. The van der Waals surface area contributed by atoms with Crippen molar-refractivity contribution in [2.75, 3.05) is 20.1 Å². The smallest absolute Gasteiger partial charge is 0.123 e. The van der Waals surface area contributed by atoms with Crippen molar-refractivity contribution in [2.45, 2.75) is 45.1 Å². The van der Waals surface area contributed by atoms with Crippen LogP contribution in [0.3, 0.4) is 0 Å². The van der Waals surface area contributed by atoms with Crippen molar-refractivity contribution in [2.24, 2.45) is 0 Å². The Bertz CT molecular complexity index is 386. The lowest BCUT2D eigenvalue weighted by Gasteiger charge is -2.31. The minimum Gasteiger partial charge on any atom is -0.490 e. The van der Waals surface area contributed by atoms with Gasteiger partial charge in [0.1, 0.15) is 11.9 Å². The Morgan fingerprint density at radius 3 is 2.33 bits per heavy atom. The number of hydrogen-bond donors (Lipinski definition) is 0. The Hall–Kier alpha value is -1.02. The molecule has 0 aromatic heterocycles. The lowest BCUT2D eigenvalue weighted by molar-refractivity contribution is 0.112. The van der Waals surface area contributed by atoms with Crippen LogP contribution in [-0.2, 0) is 5.41 Å². The molecule has 1 aliphatic rings. The van der Waals surface area contributed by atoms with Crippen LogP contribution in [0, 0.1) is 0 Å². The summed E-state index contributed by atoms with van der Waals surface area (Å²) in [6.45, 7) is 9.00. The third kappa shape index (κ3) is 3.26. The van der Waals surface area contributed by atoms with Gasteiger partial charge in [-0.3, -0.25) is 0 Å². The molecule has 0 unspecified atom stereocenters. The summed E-state index contributed by atoms with van der Waals surface area (Å²) in [6.07, 6.45) is 2.65. The fourth-order valence-corrected chi connectivity index (χ4v) is 2.47. The van der Waals surface area contributed by atoms with Gasteiger partial charge in [0.05, 0.1) is 0 Å². The van der Waals surface area contributed by atoms with Crippen molar-refractivity contribution < 1.29 is 4.74 Å². The van der Waals surface area contributed by atoms with E-state index >= 15 is 0 Å². The van der Waals surface area contributed by atoms with Gasteiger partial charge in [-0.15, -0.1) is 0 Å². The first-order valence-corrected chi connectivity index (χ1v) is 6.91. The molecule has 0 spiro atoms. The fraction of sp³-hybridized carbons (Fsp3) is 0.625. The zero-order valence-corrected chi connectivity index (χ0v) is 12.1. The second-order valence-corrected chi connectivity index (χ2v) is 6.37. The van der Waals surface area contributed by atoms with Crippen LogP contribution in [0.4, 0.5) is 0 Å². The maximum atomic E-state index is 6.23. The van der Waals surface area contributed by atoms with Gasteiger partial charge in [0.2, 0.25) is 0 Å². The second kappa shape index (κ2) is 5.31. The highest BCUT2D eigenvalue weighted by Gasteiger charge is 2.22. The van der Waals surface area contributed by atoms with Gasteiger partial charge < -0.3 is 9.64 Å². The number of benzene rings is 1. The Morgan fingerprint density at radius 1 is 1.11 bits per heavy atom. The molecule has 18 heavy (non-hydrogen) atoms. The summed E-state index contributed by atoms with van der Waals surface area (Å²) in [6, 6.07) is 8.46. The van der Waals surface area contributed by atoms with E-state index in [1.807, 2.05) is 0 Å². The minimum atomic E-state index is 0.141. The van der Waals surface area contributed by atoms with Crippen LogP contribution in [-0.4, -0.2) is 31.1 Å². The predicted molar refractivity (Wildman–Crippen MR) is 76.3 cm³/mol. The molecule has 1 aliphatic heterocycles. The number of likely N-dealkylation sites (tertiary alicyclic amines) is 1. The summed E-state index contributed by atoms with van der Waals surface area (Å²) in [5.41, 5.74) is 1.45. The summed E-state index contributed by atoms with van der Waals surface area (Å²) in [5, 5.41) is 0. The normalized spacial score (nSPS) is 18.9. The van der Waals surface area contributed by atoms with Crippen LogP contribution in [0.1, 0.15) is 39.2 Å². The molecule has 1 aromatic carbocycles. The van der Waals surface area contributed by atoms with Crippen molar-refractivity contribution in [3.8, 4) is 5.75 Å². The van der Waals surface area contributed by atoms with Gasteiger partial charge in [0, 0.05) is 13.1 Å². The zero-order chi connectivity index (χ0) is 13.2. The van der Waals surface area contributed by atoms with Crippen LogP contribution < -0.4 is 4.74 Å². The summed E-state index contributed by atoms with van der Waals surface area (Å²) < 4.78 is 6.23. The van der Waals surface area contributed by atoms with Crippen LogP contribution in [0.25, 0.3) is 0 Å². The molecule has 2 heteroatoms. The molecular weight excluding hydrogens is 222 g/mol. The van der Waals surface area contributed by atoms with Gasteiger partial charge in [0.25, 0.3) is 0 Å². The minimum absolute atomic E-state index is 0.141. The van der Waals surface area contributed by atoms with Gasteiger partial charge in [0.15, 0.2) is 0 Å². The van der Waals surface area contributed by atoms with Crippen molar-refractivity contribution in [1.29, 1.82) is 0 Å². The average Bonchev–Trinajstić information content (AvgIpc) is 2.31. The first-order chi connectivity index (χ1) is 8.47. The number of ether oxygens (including phenoxy) is 1. The highest BCUT2D eigenvalue weighted by molar-refractivity contribution is 5.38. The summed E-state index contributed by atoms with van der Waals surface area (Å²) in [4.78, 5) is 2.37. The third-order valence-electron chi connectivity index (χ3n) is 3.65. The molecule has 0 atom stereocenters. The quantitative estimate of drug-likeness (QED) is 0.793. The van der Waals surface area contributed by atoms with E-state index in [9.17, 15) is 0 Å². The van der Waals surface area contributed by atoms with Gasteiger partial charge >= 0.3 is 0 Å². The van der Waals surface area contributed by atoms with Gasteiger partial charge in [-0.25, -0.2) is 0 Å². The molecular formula is C16H25NO. The van der Waals surface area contributed by atoms with E-state index in [1.165, 1.54) is 5.56 Å². The number of para-hydroxylation sites is 1. The molecule has 2 nitrogen and oxygen atoms in total. The predicted octanol–water partition coefficient (Wildman–Crippen LogP) is 3.46. The van der Waals surface area contributed by atoms with Crippen molar-refractivity contribution >= 4 is 0 Å². The molecule has 0 N–H and O–H groups in total. The highest BCUT2D eigenvalue weighted by atomic mass is 16.5. The summed E-state index contributed by atoms with van der Waals surface area (Å²) in [5.74, 6) is 1.07. The first kappa shape index (κ1) is 13.4. The Balaban J connectivity index is 2.10. The molecule has 0 aliphatic carbocycles. The molecule has 1 aromatic rings. The Labute approximate surface area is 111 Å².